The van der Waals surface area contributed by atoms with Gasteiger partial charge in [0, 0.05) is 17.9 Å². The summed E-state index contributed by atoms with van der Waals surface area (Å²) in [4.78, 5) is 16.4. The van der Waals surface area contributed by atoms with Crippen LogP contribution in [0.15, 0.2) is 29.3 Å². The summed E-state index contributed by atoms with van der Waals surface area (Å²) in [6.45, 7) is 6.29. The lowest BCUT2D eigenvalue weighted by Gasteiger charge is -2.15. The van der Waals surface area contributed by atoms with Crippen LogP contribution in [0.3, 0.4) is 0 Å². The third kappa shape index (κ3) is 5.63. The predicted octanol–water partition coefficient (Wildman–Crippen LogP) is 4.05. The van der Waals surface area contributed by atoms with Gasteiger partial charge in [0.2, 0.25) is 5.91 Å². The molecular weight excluding hydrogens is 386 g/mol. The number of nitriles is 2. The van der Waals surface area contributed by atoms with Crippen molar-refractivity contribution in [2.75, 3.05) is 23.4 Å². The van der Waals surface area contributed by atoms with Gasteiger partial charge in [-0.25, -0.2) is 4.98 Å². The zero-order valence-corrected chi connectivity index (χ0v) is 17.5. The first-order chi connectivity index (χ1) is 13.9. The Kier molecular flexibility index (Phi) is 7.88. The molecule has 0 fully saturated rings. The van der Waals surface area contributed by atoms with Gasteiger partial charge in [-0.1, -0.05) is 13.8 Å². The second kappa shape index (κ2) is 10.4. The van der Waals surface area contributed by atoms with E-state index in [1.807, 2.05) is 26.8 Å². The summed E-state index contributed by atoms with van der Waals surface area (Å²) < 4.78 is 5.37. The maximum absolute atomic E-state index is 12.2. The van der Waals surface area contributed by atoms with Gasteiger partial charge in [-0.05, 0) is 42.7 Å². The second-order valence-electron chi connectivity index (χ2n) is 6.45. The van der Waals surface area contributed by atoms with Crippen molar-refractivity contribution in [3.63, 3.8) is 0 Å². The molecule has 1 amide bonds. The topological polar surface area (TPSA) is 125 Å². The minimum Gasteiger partial charge on any atom is -0.494 e. The molecule has 0 atom stereocenters. The average molecular weight is 410 g/mol. The van der Waals surface area contributed by atoms with Crippen molar-refractivity contribution < 1.29 is 9.53 Å². The largest absolute Gasteiger partial charge is 0.494 e. The summed E-state index contributed by atoms with van der Waals surface area (Å²) in [5.74, 6) is 1.08. The van der Waals surface area contributed by atoms with E-state index in [0.717, 1.165) is 5.75 Å². The first-order valence-electron chi connectivity index (χ1n) is 9.20. The lowest BCUT2D eigenvalue weighted by Crippen LogP contribution is -2.12. The highest BCUT2D eigenvalue weighted by atomic mass is 32.2. The predicted molar refractivity (Wildman–Crippen MR) is 114 cm³/mol. The van der Waals surface area contributed by atoms with E-state index in [9.17, 15) is 15.3 Å². The van der Waals surface area contributed by atoms with Crippen LogP contribution in [0.1, 0.15) is 49.8 Å². The fourth-order valence-corrected chi connectivity index (χ4v) is 3.72. The molecule has 0 saturated carbocycles. The Labute approximate surface area is 174 Å². The molecule has 29 heavy (non-hydrogen) atoms. The molecule has 1 heterocycles. The third-order valence-electron chi connectivity index (χ3n) is 4.05. The van der Waals surface area contributed by atoms with Gasteiger partial charge in [0.1, 0.15) is 28.7 Å². The number of anilines is 2. The molecule has 8 heteroatoms. The summed E-state index contributed by atoms with van der Waals surface area (Å²) in [6, 6.07) is 11.3. The van der Waals surface area contributed by atoms with E-state index in [4.69, 9.17) is 10.5 Å². The Morgan fingerprint density at radius 3 is 2.45 bits per heavy atom. The highest BCUT2D eigenvalue weighted by molar-refractivity contribution is 7.99. The molecule has 1 aromatic carbocycles. The fraction of sp³-hybridized carbons (Fsp3) is 0.333. The van der Waals surface area contributed by atoms with E-state index in [1.165, 1.54) is 11.8 Å². The number of hydrogen-bond acceptors (Lipinski definition) is 7. The van der Waals surface area contributed by atoms with Gasteiger partial charge in [-0.2, -0.15) is 10.5 Å². The number of thioether (sulfide) groups is 1. The molecule has 1 aromatic heterocycles. The highest BCUT2D eigenvalue weighted by Crippen LogP contribution is 2.33. The number of ether oxygens (including phenoxy) is 1. The Morgan fingerprint density at radius 1 is 1.24 bits per heavy atom. The average Bonchev–Trinajstić information content (AvgIpc) is 2.69. The smallest absolute Gasteiger partial charge is 0.225 e. The quantitative estimate of drug-likeness (QED) is 0.630. The van der Waals surface area contributed by atoms with Crippen molar-refractivity contribution in [3.05, 3.63) is 41.0 Å². The molecule has 0 spiro atoms. The molecule has 0 saturated heterocycles. The zero-order valence-electron chi connectivity index (χ0n) is 16.7. The molecule has 150 valence electrons. The number of nitrogens with zero attached hydrogens (tertiary/aromatic N) is 3. The first kappa shape index (κ1) is 22.1. The molecule has 0 aliphatic heterocycles. The minimum absolute atomic E-state index is 0.0492. The Morgan fingerprint density at radius 2 is 1.90 bits per heavy atom. The SMILES string of the molecule is CCOc1ccc(NC(=O)CCSc2nc(N)c(C#N)c(C(C)C)c2C#N)cc1. The third-order valence-corrected chi connectivity index (χ3v) is 5.03. The molecule has 0 bridgehead atoms. The normalized spacial score (nSPS) is 10.3. The van der Waals surface area contributed by atoms with Crippen LogP contribution in [-0.2, 0) is 4.79 Å². The maximum Gasteiger partial charge on any atom is 0.225 e. The van der Waals surface area contributed by atoms with Crippen LogP contribution < -0.4 is 15.8 Å². The van der Waals surface area contributed by atoms with Gasteiger partial charge in [-0.3, -0.25) is 4.79 Å². The molecule has 0 unspecified atom stereocenters. The highest BCUT2D eigenvalue weighted by Gasteiger charge is 2.21. The van der Waals surface area contributed by atoms with Gasteiger partial charge in [0.05, 0.1) is 17.7 Å². The summed E-state index contributed by atoms with van der Waals surface area (Å²) in [7, 11) is 0. The van der Waals surface area contributed by atoms with Gasteiger partial charge >= 0.3 is 0 Å². The van der Waals surface area contributed by atoms with Gasteiger partial charge in [-0.15, -0.1) is 11.8 Å². The van der Waals surface area contributed by atoms with Crippen LogP contribution in [0.2, 0.25) is 0 Å². The van der Waals surface area contributed by atoms with Gasteiger partial charge < -0.3 is 15.8 Å². The molecule has 2 aromatic rings. The number of nitrogens with two attached hydrogens (primary N) is 1. The Balaban J connectivity index is 2.04. The molecule has 7 nitrogen and oxygen atoms in total. The fourth-order valence-electron chi connectivity index (χ4n) is 2.77. The number of nitrogens with one attached hydrogen (secondary N) is 1. The van der Waals surface area contributed by atoms with Gasteiger partial charge in [0.25, 0.3) is 0 Å². The molecule has 2 rings (SSSR count). The van der Waals surface area contributed by atoms with Crippen LogP contribution in [0, 0.1) is 22.7 Å². The number of hydrogen-bond donors (Lipinski definition) is 2. The molecule has 0 aliphatic rings. The zero-order chi connectivity index (χ0) is 21.4. The lowest BCUT2D eigenvalue weighted by atomic mass is 9.94. The van der Waals surface area contributed by atoms with Crippen molar-refractivity contribution in [1.29, 1.82) is 10.5 Å². The van der Waals surface area contributed by atoms with Crippen LogP contribution in [-0.4, -0.2) is 23.3 Å². The number of carbonyl (C=O) groups excluding carboxylic acids is 1. The summed E-state index contributed by atoms with van der Waals surface area (Å²) in [6.07, 6.45) is 0.237. The number of rotatable bonds is 8. The van der Waals surface area contributed by atoms with Crippen molar-refractivity contribution in [1.82, 2.24) is 4.98 Å². The molecule has 0 radical (unpaired) electrons. The van der Waals surface area contributed by atoms with Crippen LogP contribution in [0.4, 0.5) is 11.5 Å². The minimum atomic E-state index is -0.147. The van der Waals surface area contributed by atoms with Crippen LogP contribution >= 0.6 is 11.8 Å². The number of amides is 1. The summed E-state index contributed by atoms with van der Waals surface area (Å²) in [5, 5.41) is 22.2. The Bertz CT molecular complexity index is 959. The van der Waals surface area contributed by atoms with E-state index < -0.39 is 0 Å². The summed E-state index contributed by atoms with van der Waals surface area (Å²) in [5.41, 5.74) is 7.79. The Hall–Kier alpha value is -3.23. The molecule has 3 N–H and O–H groups in total. The van der Waals surface area contributed by atoms with Crippen molar-refractivity contribution in [2.45, 2.75) is 38.1 Å². The molecular formula is C21H23N5O2S. The van der Waals surface area contributed by atoms with E-state index in [-0.39, 0.29) is 29.6 Å². The van der Waals surface area contributed by atoms with E-state index in [0.29, 0.717) is 34.2 Å². The van der Waals surface area contributed by atoms with E-state index in [1.54, 1.807) is 24.3 Å². The van der Waals surface area contributed by atoms with Crippen LogP contribution in [0.25, 0.3) is 0 Å². The first-order valence-corrected chi connectivity index (χ1v) is 10.2. The van der Waals surface area contributed by atoms with Crippen molar-refractivity contribution >= 4 is 29.2 Å². The lowest BCUT2D eigenvalue weighted by molar-refractivity contribution is -0.115. The van der Waals surface area contributed by atoms with Crippen LogP contribution in [0.5, 0.6) is 5.75 Å². The number of carbonyl (C=O) groups is 1. The number of aromatic nitrogens is 1. The van der Waals surface area contributed by atoms with E-state index >= 15 is 0 Å². The maximum atomic E-state index is 12.2. The molecule has 0 aliphatic carbocycles. The van der Waals surface area contributed by atoms with Crippen molar-refractivity contribution in [3.8, 4) is 17.9 Å². The standard InChI is InChI=1S/C21H23N5O2S/c1-4-28-15-7-5-14(6-8-15)25-18(27)9-10-29-21-17(12-23)19(13(2)3)16(11-22)20(24)26-21/h5-8,13H,4,9-10H2,1-3H3,(H2,24,26)(H,25,27). The number of pyridine rings is 1. The summed E-state index contributed by atoms with van der Waals surface area (Å²) >= 11 is 1.28. The van der Waals surface area contributed by atoms with E-state index in [2.05, 4.69) is 16.4 Å². The van der Waals surface area contributed by atoms with Crippen molar-refractivity contribution in [2.24, 2.45) is 0 Å². The number of nitrogen functional groups attached to an aromatic ring is 1. The second-order valence-corrected chi connectivity index (χ2v) is 7.53. The van der Waals surface area contributed by atoms with Gasteiger partial charge in [0.15, 0.2) is 0 Å². The monoisotopic (exact) mass is 409 g/mol. The number of benzene rings is 1.